The highest BCUT2D eigenvalue weighted by molar-refractivity contribution is 9.10. The highest BCUT2D eigenvalue weighted by Crippen LogP contribution is 2.40. The minimum atomic E-state index is -0.709. The summed E-state index contributed by atoms with van der Waals surface area (Å²) in [4.78, 5) is 27.3. The maximum Gasteiger partial charge on any atom is 0.295 e. The molecule has 0 saturated carbocycles. The fourth-order valence-electron chi connectivity index (χ4n) is 3.72. The van der Waals surface area contributed by atoms with E-state index in [2.05, 4.69) is 29.8 Å². The van der Waals surface area contributed by atoms with Gasteiger partial charge in [-0.25, -0.2) is 0 Å². The van der Waals surface area contributed by atoms with Crippen LogP contribution in [-0.4, -0.2) is 48.6 Å². The van der Waals surface area contributed by atoms with Crippen molar-refractivity contribution in [3.63, 3.8) is 0 Å². The minimum Gasteiger partial charge on any atom is -0.507 e. The molecule has 1 unspecified atom stereocenters. The molecule has 1 amide bonds. The summed E-state index contributed by atoms with van der Waals surface area (Å²) in [6, 6.07) is 12.0. The van der Waals surface area contributed by atoms with Crippen LogP contribution in [0.1, 0.15) is 36.6 Å². The molecule has 0 radical (unpaired) electrons. The fourth-order valence-corrected chi connectivity index (χ4v) is 4.14. The van der Waals surface area contributed by atoms with E-state index in [9.17, 15) is 14.7 Å². The van der Waals surface area contributed by atoms with Crippen molar-refractivity contribution in [2.75, 3.05) is 26.9 Å². The second-order valence-corrected chi connectivity index (χ2v) is 9.14. The van der Waals surface area contributed by atoms with E-state index < -0.39 is 17.7 Å². The molecule has 1 fully saturated rings. The van der Waals surface area contributed by atoms with Crippen LogP contribution < -0.4 is 4.74 Å². The van der Waals surface area contributed by atoms with Gasteiger partial charge >= 0.3 is 0 Å². The van der Waals surface area contributed by atoms with Crippen LogP contribution in [0, 0.1) is 12.8 Å². The molecule has 3 rings (SSSR count). The minimum absolute atomic E-state index is 0.0724. The Bertz CT molecular complexity index is 1050. The molecule has 7 heteroatoms. The zero-order chi connectivity index (χ0) is 23.4. The smallest absolute Gasteiger partial charge is 0.295 e. The van der Waals surface area contributed by atoms with E-state index in [4.69, 9.17) is 9.47 Å². The number of halogens is 1. The van der Waals surface area contributed by atoms with Crippen LogP contribution >= 0.6 is 15.9 Å². The molecular formula is C25H28BrNO5. The molecule has 170 valence electrons. The number of ketones is 1. The van der Waals surface area contributed by atoms with E-state index in [1.165, 1.54) is 12.0 Å². The number of hydrogen-bond donors (Lipinski definition) is 1. The first-order chi connectivity index (χ1) is 15.2. The summed E-state index contributed by atoms with van der Waals surface area (Å²) >= 11 is 3.45. The molecule has 0 bridgehead atoms. The van der Waals surface area contributed by atoms with Crippen molar-refractivity contribution in [1.29, 1.82) is 0 Å². The lowest BCUT2D eigenvalue weighted by atomic mass is 9.94. The second-order valence-electron chi connectivity index (χ2n) is 8.22. The van der Waals surface area contributed by atoms with Gasteiger partial charge in [0.2, 0.25) is 0 Å². The van der Waals surface area contributed by atoms with Gasteiger partial charge in [0.1, 0.15) is 11.5 Å². The number of carbonyl (C=O) groups excluding carboxylic acids is 2. The largest absolute Gasteiger partial charge is 0.507 e. The normalized spacial score (nSPS) is 17.9. The Labute approximate surface area is 197 Å². The number of carbonyl (C=O) groups is 2. The number of hydrogen-bond acceptors (Lipinski definition) is 5. The number of amides is 1. The van der Waals surface area contributed by atoms with Gasteiger partial charge < -0.3 is 19.5 Å². The van der Waals surface area contributed by atoms with Crippen LogP contribution in [0.2, 0.25) is 0 Å². The van der Waals surface area contributed by atoms with E-state index in [0.29, 0.717) is 23.8 Å². The number of benzene rings is 2. The molecule has 1 aliphatic rings. The SMILES string of the molecule is COCCN1C(=O)C(=O)C(=C(O)c2ccc(OCC(C)C)cc2C)C1c1cccc(Br)c1. The third kappa shape index (κ3) is 5.05. The Morgan fingerprint density at radius 3 is 2.56 bits per heavy atom. The predicted octanol–water partition coefficient (Wildman–Crippen LogP) is 4.86. The Morgan fingerprint density at radius 1 is 1.19 bits per heavy atom. The van der Waals surface area contributed by atoms with Crippen molar-refractivity contribution in [3.05, 3.63) is 69.2 Å². The third-order valence-corrected chi connectivity index (χ3v) is 5.77. The molecule has 0 aliphatic carbocycles. The van der Waals surface area contributed by atoms with E-state index in [-0.39, 0.29) is 24.5 Å². The number of Topliss-reactive ketones (excluding diaryl/α,β-unsaturated/α-hetero) is 1. The predicted molar refractivity (Wildman–Crippen MR) is 127 cm³/mol. The summed E-state index contributed by atoms with van der Waals surface area (Å²) in [5.74, 6) is -0.471. The summed E-state index contributed by atoms with van der Waals surface area (Å²) < 4.78 is 11.7. The Balaban J connectivity index is 2.09. The molecule has 1 aliphatic heterocycles. The number of aliphatic hydroxyl groups excluding tert-OH is 1. The highest BCUT2D eigenvalue weighted by Gasteiger charge is 2.46. The van der Waals surface area contributed by atoms with Gasteiger partial charge in [0.15, 0.2) is 0 Å². The molecule has 0 spiro atoms. The van der Waals surface area contributed by atoms with E-state index >= 15 is 0 Å². The van der Waals surface area contributed by atoms with Crippen molar-refractivity contribution in [2.24, 2.45) is 5.92 Å². The van der Waals surface area contributed by atoms with Crippen LogP contribution in [-0.2, 0) is 14.3 Å². The van der Waals surface area contributed by atoms with Crippen molar-refractivity contribution >= 4 is 33.4 Å². The second kappa shape index (κ2) is 10.3. The van der Waals surface area contributed by atoms with E-state index in [1.54, 1.807) is 12.1 Å². The number of likely N-dealkylation sites (tertiary alicyclic amines) is 1. The van der Waals surface area contributed by atoms with E-state index in [0.717, 1.165) is 15.6 Å². The summed E-state index contributed by atoms with van der Waals surface area (Å²) in [5.41, 5.74) is 2.04. The first-order valence-corrected chi connectivity index (χ1v) is 11.3. The quantitative estimate of drug-likeness (QED) is 0.317. The molecule has 0 aromatic heterocycles. The van der Waals surface area contributed by atoms with Gasteiger partial charge in [-0.1, -0.05) is 41.9 Å². The van der Waals surface area contributed by atoms with Crippen molar-refractivity contribution < 1.29 is 24.2 Å². The zero-order valence-electron chi connectivity index (χ0n) is 18.7. The Kier molecular flexibility index (Phi) is 7.74. The number of ether oxygens (including phenoxy) is 2. The molecule has 2 aromatic rings. The molecule has 1 saturated heterocycles. The summed E-state index contributed by atoms with van der Waals surface area (Å²) in [5, 5.41) is 11.2. The average molecular weight is 502 g/mol. The Hall–Kier alpha value is -2.64. The van der Waals surface area contributed by atoms with Gasteiger partial charge in [0.05, 0.1) is 24.8 Å². The molecule has 1 heterocycles. The summed E-state index contributed by atoms with van der Waals surface area (Å²) in [6.45, 7) is 7.06. The molecule has 1 atom stereocenters. The van der Waals surface area contributed by atoms with E-state index in [1.807, 2.05) is 37.3 Å². The topological polar surface area (TPSA) is 76.1 Å². The van der Waals surface area contributed by atoms with Crippen LogP contribution in [0.3, 0.4) is 0 Å². The van der Waals surface area contributed by atoms with Crippen LogP contribution in [0.25, 0.3) is 5.76 Å². The molecule has 32 heavy (non-hydrogen) atoms. The first-order valence-electron chi connectivity index (χ1n) is 10.5. The van der Waals surface area contributed by atoms with Gasteiger partial charge in [-0.15, -0.1) is 0 Å². The number of aryl methyl sites for hydroxylation is 1. The molecular weight excluding hydrogens is 474 g/mol. The first kappa shape index (κ1) is 24.0. The van der Waals surface area contributed by atoms with Crippen LogP contribution in [0.15, 0.2) is 52.5 Å². The third-order valence-electron chi connectivity index (χ3n) is 5.28. The average Bonchev–Trinajstić information content (AvgIpc) is 3.00. The molecule has 6 nitrogen and oxygen atoms in total. The van der Waals surface area contributed by atoms with Crippen molar-refractivity contribution in [1.82, 2.24) is 4.90 Å². The van der Waals surface area contributed by atoms with Crippen LogP contribution in [0.5, 0.6) is 5.75 Å². The van der Waals surface area contributed by atoms with Gasteiger partial charge in [0.25, 0.3) is 11.7 Å². The lowest BCUT2D eigenvalue weighted by molar-refractivity contribution is -0.140. The maximum absolute atomic E-state index is 13.0. The fraction of sp³-hybridized carbons (Fsp3) is 0.360. The van der Waals surface area contributed by atoms with Gasteiger partial charge in [0, 0.05) is 23.7 Å². The summed E-state index contributed by atoms with van der Waals surface area (Å²) in [6.07, 6.45) is 0. The number of nitrogens with zero attached hydrogens (tertiary/aromatic N) is 1. The standard InChI is InChI=1S/C25H28BrNO5/c1-15(2)14-32-19-8-9-20(16(3)12-19)23(28)21-22(17-6-5-7-18(26)13-17)27(10-11-31-4)25(30)24(21)29/h5-9,12-13,15,22,28H,10-11,14H2,1-4H3. The monoisotopic (exact) mass is 501 g/mol. The maximum atomic E-state index is 13.0. The van der Waals surface area contributed by atoms with Gasteiger partial charge in [-0.2, -0.15) is 0 Å². The van der Waals surface area contributed by atoms with Crippen LogP contribution in [0.4, 0.5) is 0 Å². The number of aliphatic hydroxyl groups is 1. The lowest BCUT2D eigenvalue weighted by Gasteiger charge is -2.25. The highest BCUT2D eigenvalue weighted by atomic mass is 79.9. The van der Waals surface area contributed by atoms with Crippen molar-refractivity contribution in [3.8, 4) is 5.75 Å². The Morgan fingerprint density at radius 2 is 1.94 bits per heavy atom. The molecule has 2 aromatic carbocycles. The number of methoxy groups -OCH3 is 1. The van der Waals surface area contributed by atoms with Gasteiger partial charge in [-0.05, 0) is 54.3 Å². The molecule has 1 N–H and O–H groups in total. The lowest BCUT2D eigenvalue weighted by Crippen LogP contribution is -2.32. The zero-order valence-corrected chi connectivity index (χ0v) is 20.3. The number of rotatable bonds is 8. The summed E-state index contributed by atoms with van der Waals surface area (Å²) in [7, 11) is 1.54. The van der Waals surface area contributed by atoms with Crippen molar-refractivity contribution in [2.45, 2.75) is 26.8 Å². The van der Waals surface area contributed by atoms with Gasteiger partial charge in [-0.3, -0.25) is 9.59 Å².